The van der Waals surface area contributed by atoms with Gasteiger partial charge in [0.15, 0.2) is 0 Å². The van der Waals surface area contributed by atoms with Crippen molar-refractivity contribution in [3.05, 3.63) is 30.3 Å². The van der Waals surface area contributed by atoms with Crippen LogP contribution in [-0.2, 0) is 4.79 Å². The van der Waals surface area contributed by atoms with Gasteiger partial charge in [-0.2, -0.15) is 12.6 Å². The van der Waals surface area contributed by atoms with Gasteiger partial charge in [0, 0.05) is 11.4 Å². The first kappa shape index (κ1) is 11.6. The summed E-state index contributed by atoms with van der Waals surface area (Å²) in [7, 11) is 0. The van der Waals surface area contributed by atoms with Gasteiger partial charge in [0.25, 0.3) is 0 Å². The highest BCUT2D eigenvalue weighted by Crippen LogP contribution is 2.21. The molecular weight excluding hydrogens is 313 g/mol. The first-order valence-corrected chi connectivity index (χ1v) is 5.60. The van der Waals surface area contributed by atoms with Crippen molar-refractivity contribution in [2.75, 3.05) is 8.87 Å². The van der Waals surface area contributed by atoms with Crippen LogP contribution in [0.2, 0.25) is 0 Å². The predicted octanol–water partition coefficient (Wildman–Crippen LogP) is 2.23. The standard InChI is InChI=1S/C9H10INO2S/c10-11(8(6-14)9(12)13)7-4-2-1-3-5-7/h1-5,8,14H,6H2,(H,12,13)/t8-/m0/s1. The highest BCUT2D eigenvalue weighted by Gasteiger charge is 2.22. The largest absolute Gasteiger partial charge is 0.480 e. The molecule has 0 saturated heterocycles. The van der Waals surface area contributed by atoms with Crippen molar-refractivity contribution < 1.29 is 9.90 Å². The third-order valence-corrected chi connectivity index (χ3v) is 3.31. The van der Waals surface area contributed by atoms with Crippen LogP contribution in [0.4, 0.5) is 5.69 Å². The molecule has 3 nitrogen and oxygen atoms in total. The Labute approximate surface area is 102 Å². The maximum absolute atomic E-state index is 10.8. The second kappa shape index (κ2) is 5.45. The molecule has 0 unspecified atom stereocenters. The number of benzene rings is 1. The van der Waals surface area contributed by atoms with Gasteiger partial charge in [-0.3, -0.25) is 3.11 Å². The minimum Gasteiger partial charge on any atom is -0.480 e. The Morgan fingerprint density at radius 2 is 2.07 bits per heavy atom. The van der Waals surface area contributed by atoms with Gasteiger partial charge in [0.05, 0.1) is 22.9 Å². The van der Waals surface area contributed by atoms with E-state index in [-0.39, 0.29) is 5.75 Å². The van der Waals surface area contributed by atoms with Gasteiger partial charge in [-0.1, -0.05) is 18.2 Å². The minimum atomic E-state index is -0.863. The van der Waals surface area contributed by atoms with Gasteiger partial charge in [-0.05, 0) is 12.1 Å². The second-order valence-electron chi connectivity index (χ2n) is 2.68. The molecule has 0 bridgehead atoms. The molecule has 0 aromatic heterocycles. The van der Waals surface area contributed by atoms with Crippen LogP contribution in [0, 0.1) is 0 Å². The Morgan fingerprint density at radius 1 is 1.50 bits per heavy atom. The quantitative estimate of drug-likeness (QED) is 0.507. The highest BCUT2D eigenvalue weighted by molar-refractivity contribution is 14.1. The SMILES string of the molecule is O=C(O)[C@H](CS)N(I)c1ccccc1. The molecule has 1 rings (SSSR count). The summed E-state index contributed by atoms with van der Waals surface area (Å²) in [5, 5.41) is 8.91. The number of carboxylic acids is 1. The molecular formula is C9H10INO2S. The van der Waals surface area contributed by atoms with Gasteiger partial charge < -0.3 is 5.11 Å². The van der Waals surface area contributed by atoms with E-state index in [4.69, 9.17) is 5.11 Å². The van der Waals surface area contributed by atoms with E-state index in [2.05, 4.69) is 12.6 Å². The Bertz CT molecular complexity index is 307. The van der Waals surface area contributed by atoms with Crippen LogP contribution < -0.4 is 3.11 Å². The molecule has 0 aliphatic carbocycles. The fourth-order valence-corrected chi connectivity index (χ4v) is 2.39. The van der Waals surface area contributed by atoms with E-state index in [9.17, 15) is 4.79 Å². The van der Waals surface area contributed by atoms with Crippen LogP contribution in [0.3, 0.4) is 0 Å². The maximum atomic E-state index is 10.8. The van der Waals surface area contributed by atoms with E-state index >= 15 is 0 Å². The number of nitrogens with zero attached hydrogens (tertiary/aromatic N) is 1. The number of hydrogen-bond acceptors (Lipinski definition) is 3. The number of halogens is 1. The molecule has 0 spiro atoms. The predicted molar refractivity (Wildman–Crippen MR) is 68.2 cm³/mol. The summed E-state index contributed by atoms with van der Waals surface area (Å²) in [5.74, 6) is -0.578. The summed E-state index contributed by atoms with van der Waals surface area (Å²) >= 11 is 6.01. The third-order valence-electron chi connectivity index (χ3n) is 1.73. The minimum absolute atomic E-state index is 0.285. The van der Waals surface area contributed by atoms with Crippen molar-refractivity contribution in [1.29, 1.82) is 0 Å². The molecule has 0 aliphatic rings. The number of carboxylic acid groups (broad SMARTS) is 1. The summed E-state index contributed by atoms with van der Waals surface area (Å²) in [6.45, 7) is 0. The Kier molecular flexibility index (Phi) is 4.53. The van der Waals surface area contributed by atoms with Crippen LogP contribution in [0.25, 0.3) is 0 Å². The van der Waals surface area contributed by atoms with E-state index in [0.29, 0.717) is 0 Å². The normalized spacial score (nSPS) is 12.1. The number of thiol groups is 1. The summed E-state index contributed by atoms with van der Waals surface area (Å²) in [6.07, 6.45) is 0. The van der Waals surface area contributed by atoms with E-state index in [0.717, 1.165) is 5.69 Å². The van der Waals surface area contributed by atoms with Crippen LogP contribution >= 0.6 is 35.5 Å². The van der Waals surface area contributed by atoms with Crippen LogP contribution in [0.1, 0.15) is 0 Å². The molecule has 0 amide bonds. The number of carbonyl (C=O) groups is 1. The molecule has 5 heteroatoms. The van der Waals surface area contributed by atoms with Crippen molar-refractivity contribution in [2.45, 2.75) is 6.04 Å². The number of rotatable bonds is 4. The molecule has 1 aromatic rings. The molecule has 0 aliphatic heterocycles. The lowest BCUT2D eigenvalue weighted by Crippen LogP contribution is -2.36. The number of aliphatic carboxylic acids is 1. The van der Waals surface area contributed by atoms with Crippen LogP contribution in [-0.4, -0.2) is 22.9 Å². The number of para-hydroxylation sites is 1. The third kappa shape index (κ3) is 2.78. The van der Waals surface area contributed by atoms with Gasteiger partial charge in [0.2, 0.25) is 0 Å². The smallest absolute Gasteiger partial charge is 0.328 e. The number of anilines is 1. The van der Waals surface area contributed by atoms with Crippen LogP contribution in [0.15, 0.2) is 30.3 Å². The summed E-state index contributed by atoms with van der Waals surface area (Å²) < 4.78 is 1.67. The molecule has 1 atom stereocenters. The highest BCUT2D eigenvalue weighted by atomic mass is 127. The average Bonchev–Trinajstić information content (AvgIpc) is 2.19. The van der Waals surface area contributed by atoms with Crippen molar-refractivity contribution in [1.82, 2.24) is 0 Å². The van der Waals surface area contributed by atoms with E-state index in [1.54, 1.807) is 3.11 Å². The summed E-state index contributed by atoms with van der Waals surface area (Å²) in [4.78, 5) is 10.8. The molecule has 1 N–H and O–H groups in total. The Morgan fingerprint density at radius 3 is 2.50 bits per heavy atom. The fraction of sp³-hybridized carbons (Fsp3) is 0.222. The van der Waals surface area contributed by atoms with E-state index in [1.165, 1.54) is 0 Å². The van der Waals surface area contributed by atoms with Crippen LogP contribution in [0.5, 0.6) is 0 Å². The summed E-state index contributed by atoms with van der Waals surface area (Å²) in [5.41, 5.74) is 0.870. The van der Waals surface area contributed by atoms with Gasteiger partial charge in [0.1, 0.15) is 6.04 Å². The molecule has 0 radical (unpaired) electrons. The van der Waals surface area contributed by atoms with E-state index in [1.807, 2.05) is 53.2 Å². The van der Waals surface area contributed by atoms with E-state index < -0.39 is 12.0 Å². The molecule has 0 heterocycles. The van der Waals surface area contributed by atoms with Crippen molar-refractivity contribution in [2.24, 2.45) is 0 Å². The molecule has 14 heavy (non-hydrogen) atoms. The van der Waals surface area contributed by atoms with Gasteiger partial charge in [-0.25, -0.2) is 4.79 Å². The first-order valence-electron chi connectivity index (χ1n) is 4.00. The monoisotopic (exact) mass is 323 g/mol. The number of hydrogen-bond donors (Lipinski definition) is 2. The topological polar surface area (TPSA) is 40.5 Å². The Hall–Kier alpha value is -0.430. The lowest BCUT2D eigenvalue weighted by Gasteiger charge is -2.22. The van der Waals surface area contributed by atoms with Gasteiger partial charge >= 0.3 is 5.97 Å². The first-order chi connectivity index (χ1) is 6.66. The summed E-state index contributed by atoms with van der Waals surface area (Å²) in [6, 6.07) is 8.78. The lowest BCUT2D eigenvalue weighted by atomic mass is 10.2. The zero-order chi connectivity index (χ0) is 10.6. The molecule has 76 valence electrons. The zero-order valence-electron chi connectivity index (χ0n) is 7.30. The lowest BCUT2D eigenvalue weighted by molar-refractivity contribution is -0.137. The maximum Gasteiger partial charge on any atom is 0.328 e. The molecule has 0 saturated carbocycles. The Balaban J connectivity index is 2.83. The molecule has 0 fully saturated rings. The second-order valence-corrected chi connectivity index (χ2v) is 4.09. The average molecular weight is 323 g/mol. The van der Waals surface area contributed by atoms with Crippen molar-refractivity contribution >= 4 is 47.2 Å². The zero-order valence-corrected chi connectivity index (χ0v) is 10.4. The molecule has 1 aromatic carbocycles. The van der Waals surface area contributed by atoms with Crippen molar-refractivity contribution in [3.8, 4) is 0 Å². The van der Waals surface area contributed by atoms with Gasteiger partial charge in [-0.15, -0.1) is 0 Å². The van der Waals surface area contributed by atoms with Crippen molar-refractivity contribution in [3.63, 3.8) is 0 Å². The fourth-order valence-electron chi connectivity index (χ4n) is 0.997.